The summed E-state index contributed by atoms with van der Waals surface area (Å²) in [6.07, 6.45) is 7.43. The second kappa shape index (κ2) is 10.2. The molecule has 0 radical (unpaired) electrons. The maximum Gasteiger partial charge on any atom is 0.291 e. The molecule has 4 aromatic rings. The summed E-state index contributed by atoms with van der Waals surface area (Å²) in [5.41, 5.74) is 4.09. The molecule has 0 fully saturated rings. The molecule has 0 aliphatic carbocycles. The SMILES string of the molecule is CCCc1ccc(OCc2ccc(C(=O)Nc3cnn(Cc4cnn(CC)c4C)c3)o2)cc1. The molecule has 0 aliphatic heterocycles. The molecule has 0 unspecified atom stereocenters. The highest BCUT2D eigenvalue weighted by atomic mass is 16.5. The molecule has 172 valence electrons. The highest BCUT2D eigenvalue weighted by Crippen LogP contribution is 2.18. The number of aryl methyl sites for hydroxylation is 2. The second-order valence-corrected chi connectivity index (χ2v) is 7.90. The van der Waals surface area contributed by atoms with Crippen LogP contribution < -0.4 is 10.1 Å². The van der Waals surface area contributed by atoms with Gasteiger partial charge in [0.15, 0.2) is 5.76 Å². The van der Waals surface area contributed by atoms with Crippen molar-refractivity contribution in [2.24, 2.45) is 0 Å². The topological polar surface area (TPSA) is 87.1 Å². The fourth-order valence-electron chi connectivity index (χ4n) is 3.61. The van der Waals surface area contributed by atoms with Crippen molar-refractivity contribution in [1.29, 1.82) is 0 Å². The number of carbonyl (C=O) groups is 1. The zero-order valence-electron chi connectivity index (χ0n) is 19.2. The first-order valence-electron chi connectivity index (χ1n) is 11.2. The van der Waals surface area contributed by atoms with Crippen molar-refractivity contribution >= 4 is 11.6 Å². The molecule has 0 atom stereocenters. The summed E-state index contributed by atoms with van der Waals surface area (Å²) >= 11 is 0. The number of carbonyl (C=O) groups excluding carboxylic acids is 1. The number of nitrogens with zero attached hydrogens (tertiary/aromatic N) is 4. The van der Waals surface area contributed by atoms with E-state index >= 15 is 0 Å². The molecule has 33 heavy (non-hydrogen) atoms. The molecule has 4 rings (SSSR count). The van der Waals surface area contributed by atoms with Crippen LogP contribution in [0.2, 0.25) is 0 Å². The third-order valence-corrected chi connectivity index (χ3v) is 5.46. The molecule has 3 aromatic heterocycles. The number of furan rings is 1. The Morgan fingerprint density at radius 3 is 2.64 bits per heavy atom. The van der Waals surface area contributed by atoms with E-state index in [4.69, 9.17) is 9.15 Å². The lowest BCUT2D eigenvalue weighted by molar-refractivity contribution is 0.0992. The molecule has 8 heteroatoms. The molecule has 0 saturated heterocycles. The van der Waals surface area contributed by atoms with Crippen LogP contribution in [0.1, 0.15) is 53.4 Å². The summed E-state index contributed by atoms with van der Waals surface area (Å²) in [4.78, 5) is 12.6. The smallest absolute Gasteiger partial charge is 0.291 e. The van der Waals surface area contributed by atoms with Gasteiger partial charge in [-0.3, -0.25) is 14.2 Å². The van der Waals surface area contributed by atoms with Gasteiger partial charge in [0, 0.05) is 24.0 Å². The van der Waals surface area contributed by atoms with Gasteiger partial charge in [-0.1, -0.05) is 25.5 Å². The maximum absolute atomic E-state index is 12.6. The van der Waals surface area contributed by atoms with Gasteiger partial charge >= 0.3 is 0 Å². The Labute approximate surface area is 193 Å². The van der Waals surface area contributed by atoms with Crippen LogP contribution in [0.5, 0.6) is 5.75 Å². The molecule has 0 saturated carbocycles. The number of ether oxygens (including phenoxy) is 1. The van der Waals surface area contributed by atoms with Crippen LogP contribution in [-0.2, 0) is 26.1 Å². The number of benzene rings is 1. The maximum atomic E-state index is 12.6. The van der Waals surface area contributed by atoms with Crippen LogP contribution in [-0.4, -0.2) is 25.5 Å². The van der Waals surface area contributed by atoms with E-state index in [0.717, 1.165) is 36.4 Å². The predicted molar refractivity (Wildman–Crippen MR) is 125 cm³/mol. The van der Waals surface area contributed by atoms with Gasteiger partial charge in [0.05, 0.1) is 24.6 Å². The normalized spacial score (nSPS) is 11.0. The number of hydrogen-bond donors (Lipinski definition) is 1. The van der Waals surface area contributed by atoms with Gasteiger partial charge in [0.25, 0.3) is 5.91 Å². The van der Waals surface area contributed by atoms with E-state index in [2.05, 4.69) is 41.5 Å². The van der Waals surface area contributed by atoms with Crippen LogP contribution >= 0.6 is 0 Å². The molecule has 1 aromatic carbocycles. The molecule has 3 heterocycles. The van der Waals surface area contributed by atoms with Gasteiger partial charge in [-0.2, -0.15) is 10.2 Å². The minimum atomic E-state index is -0.334. The fraction of sp³-hybridized carbons (Fsp3) is 0.320. The molecule has 1 amide bonds. The average Bonchev–Trinajstić information content (AvgIpc) is 3.55. The second-order valence-electron chi connectivity index (χ2n) is 7.90. The Balaban J connectivity index is 1.31. The molecular weight excluding hydrogens is 418 g/mol. The van der Waals surface area contributed by atoms with Gasteiger partial charge < -0.3 is 14.5 Å². The van der Waals surface area contributed by atoms with E-state index in [1.165, 1.54) is 5.56 Å². The quantitative estimate of drug-likeness (QED) is 0.376. The number of hydrogen-bond acceptors (Lipinski definition) is 5. The average molecular weight is 448 g/mol. The number of rotatable bonds is 10. The summed E-state index contributed by atoms with van der Waals surface area (Å²) in [7, 11) is 0. The summed E-state index contributed by atoms with van der Waals surface area (Å²) < 4.78 is 15.1. The standard InChI is InChI=1S/C25H29N5O3/c1-4-6-19-7-9-22(10-8-19)32-17-23-11-12-24(33-23)25(31)28-21-14-26-29(16-21)15-20-13-27-30(5-2)18(20)3/h7-14,16H,4-6,15,17H2,1-3H3,(H,28,31). The van der Waals surface area contributed by atoms with Crippen LogP contribution in [0.3, 0.4) is 0 Å². The molecule has 0 spiro atoms. The fourth-order valence-corrected chi connectivity index (χ4v) is 3.61. The Bertz CT molecular complexity index is 1200. The van der Waals surface area contributed by atoms with Gasteiger partial charge in [0.2, 0.25) is 0 Å². The summed E-state index contributed by atoms with van der Waals surface area (Å²) in [6.45, 7) is 7.92. The zero-order chi connectivity index (χ0) is 23.2. The summed E-state index contributed by atoms with van der Waals surface area (Å²) in [5.74, 6) is 1.24. The number of amides is 1. The van der Waals surface area contributed by atoms with E-state index in [-0.39, 0.29) is 18.3 Å². The molecular formula is C25H29N5O3. The van der Waals surface area contributed by atoms with Crippen molar-refractivity contribution in [2.75, 3.05) is 5.32 Å². The van der Waals surface area contributed by atoms with Crippen molar-refractivity contribution in [3.05, 3.63) is 83.3 Å². The largest absolute Gasteiger partial charge is 0.486 e. The van der Waals surface area contributed by atoms with Crippen LogP contribution in [0, 0.1) is 6.92 Å². The minimum absolute atomic E-state index is 0.222. The lowest BCUT2D eigenvalue weighted by atomic mass is 10.1. The third kappa shape index (κ3) is 5.52. The summed E-state index contributed by atoms with van der Waals surface area (Å²) in [6, 6.07) is 11.4. The van der Waals surface area contributed by atoms with E-state index in [0.29, 0.717) is 18.0 Å². The molecule has 1 N–H and O–H groups in total. The third-order valence-electron chi connectivity index (χ3n) is 5.46. The van der Waals surface area contributed by atoms with E-state index in [1.54, 1.807) is 29.2 Å². The van der Waals surface area contributed by atoms with Crippen LogP contribution in [0.4, 0.5) is 5.69 Å². The monoisotopic (exact) mass is 447 g/mol. The first-order valence-corrected chi connectivity index (χ1v) is 11.2. The van der Waals surface area contributed by atoms with Crippen molar-refractivity contribution < 1.29 is 13.9 Å². The van der Waals surface area contributed by atoms with Gasteiger partial charge in [-0.05, 0) is 50.1 Å². The van der Waals surface area contributed by atoms with Crippen molar-refractivity contribution in [3.8, 4) is 5.75 Å². The van der Waals surface area contributed by atoms with Gasteiger partial charge in [-0.25, -0.2) is 0 Å². The molecule has 0 aliphatic rings. The zero-order valence-corrected chi connectivity index (χ0v) is 19.2. The minimum Gasteiger partial charge on any atom is -0.486 e. The number of nitrogens with one attached hydrogen (secondary N) is 1. The van der Waals surface area contributed by atoms with Crippen LogP contribution in [0.25, 0.3) is 0 Å². The first kappa shape index (κ1) is 22.4. The Hall–Kier alpha value is -3.81. The lowest BCUT2D eigenvalue weighted by Crippen LogP contribution is -2.10. The lowest BCUT2D eigenvalue weighted by Gasteiger charge is -2.05. The number of aromatic nitrogens is 4. The molecule has 8 nitrogen and oxygen atoms in total. The Kier molecular flexibility index (Phi) is 6.92. The van der Waals surface area contributed by atoms with Gasteiger partial charge in [-0.15, -0.1) is 0 Å². The Morgan fingerprint density at radius 2 is 1.91 bits per heavy atom. The van der Waals surface area contributed by atoms with Crippen molar-refractivity contribution in [3.63, 3.8) is 0 Å². The van der Waals surface area contributed by atoms with E-state index in [1.807, 2.05) is 29.9 Å². The van der Waals surface area contributed by atoms with Crippen molar-refractivity contribution in [1.82, 2.24) is 19.6 Å². The number of anilines is 1. The summed E-state index contributed by atoms with van der Waals surface area (Å²) in [5, 5.41) is 11.5. The molecule has 0 bridgehead atoms. The van der Waals surface area contributed by atoms with Crippen LogP contribution in [0.15, 0.2) is 59.4 Å². The first-order chi connectivity index (χ1) is 16.1. The predicted octanol–water partition coefficient (Wildman–Crippen LogP) is 4.83. The highest BCUT2D eigenvalue weighted by molar-refractivity contribution is 6.02. The van der Waals surface area contributed by atoms with Crippen molar-refractivity contribution in [2.45, 2.75) is 53.3 Å². The highest BCUT2D eigenvalue weighted by Gasteiger charge is 2.14. The Morgan fingerprint density at radius 1 is 1.09 bits per heavy atom. The van der Waals surface area contributed by atoms with E-state index in [9.17, 15) is 4.79 Å². The van der Waals surface area contributed by atoms with E-state index < -0.39 is 0 Å². The van der Waals surface area contributed by atoms with Gasteiger partial charge in [0.1, 0.15) is 18.1 Å².